The molecular weight excluding hydrogens is 348 g/mol. The fourth-order valence-electron chi connectivity index (χ4n) is 5.11. The average molecular weight is 397 g/mol. The second kappa shape index (κ2) is 13.3. The SMILES string of the molecule is CCCCC1=C(CCCC)c2c(cc(CCCC)c(CCCC)c2CCCC)C1. The van der Waals surface area contributed by atoms with Gasteiger partial charge in [-0.15, -0.1) is 0 Å². The first-order chi connectivity index (χ1) is 14.2. The number of benzene rings is 1. The predicted molar refractivity (Wildman–Crippen MR) is 132 cm³/mol. The second-order valence-corrected chi connectivity index (χ2v) is 9.30. The summed E-state index contributed by atoms with van der Waals surface area (Å²) in [4.78, 5) is 0. The van der Waals surface area contributed by atoms with Gasteiger partial charge in [0.1, 0.15) is 0 Å². The Bertz CT molecular complexity index is 646. The summed E-state index contributed by atoms with van der Waals surface area (Å²) in [6, 6.07) is 2.66. The number of hydrogen-bond donors (Lipinski definition) is 0. The van der Waals surface area contributed by atoms with E-state index in [2.05, 4.69) is 40.7 Å². The molecule has 0 aliphatic heterocycles. The van der Waals surface area contributed by atoms with Gasteiger partial charge in [0.05, 0.1) is 0 Å². The van der Waals surface area contributed by atoms with E-state index in [1.807, 2.05) is 0 Å². The van der Waals surface area contributed by atoms with Gasteiger partial charge in [0.25, 0.3) is 0 Å². The monoisotopic (exact) mass is 396 g/mol. The van der Waals surface area contributed by atoms with Crippen molar-refractivity contribution in [2.45, 2.75) is 137 Å². The lowest BCUT2D eigenvalue weighted by atomic mass is 9.83. The lowest BCUT2D eigenvalue weighted by molar-refractivity contribution is 0.731. The Hall–Kier alpha value is -1.04. The minimum atomic E-state index is 1.25. The predicted octanol–water partition coefficient (Wildman–Crippen LogP) is 9.40. The Morgan fingerprint density at radius 3 is 1.72 bits per heavy atom. The minimum absolute atomic E-state index is 1.25. The second-order valence-electron chi connectivity index (χ2n) is 9.30. The first-order valence-corrected chi connectivity index (χ1v) is 13.1. The van der Waals surface area contributed by atoms with Crippen LogP contribution in [-0.2, 0) is 25.7 Å². The summed E-state index contributed by atoms with van der Waals surface area (Å²) in [6.07, 6.45) is 21.0. The van der Waals surface area contributed by atoms with E-state index in [4.69, 9.17) is 0 Å². The first-order valence-electron chi connectivity index (χ1n) is 13.1. The Morgan fingerprint density at radius 2 is 1.10 bits per heavy atom. The molecule has 0 heteroatoms. The molecule has 164 valence electrons. The molecular formula is C29H48. The standard InChI is InChI=1S/C29H48/c1-6-11-16-23-21-25-22-24(17-12-7-2)27(19-14-9-4)29(25)28(20-15-10-5)26(23)18-13-8-3/h21H,6-20,22H2,1-5H3. The van der Waals surface area contributed by atoms with Crippen LogP contribution in [-0.4, -0.2) is 0 Å². The molecule has 0 fully saturated rings. The summed E-state index contributed by atoms with van der Waals surface area (Å²) in [5.74, 6) is 0. The van der Waals surface area contributed by atoms with Gasteiger partial charge in [0.2, 0.25) is 0 Å². The van der Waals surface area contributed by atoms with Crippen molar-refractivity contribution < 1.29 is 0 Å². The van der Waals surface area contributed by atoms with Crippen molar-refractivity contribution in [2.75, 3.05) is 0 Å². The van der Waals surface area contributed by atoms with Gasteiger partial charge in [0.15, 0.2) is 0 Å². The third-order valence-electron chi connectivity index (χ3n) is 6.83. The summed E-state index contributed by atoms with van der Waals surface area (Å²) in [5, 5.41) is 0. The summed E-state index contributed by atoms with van der Waals surface area (Å²) in [5.41, 5.74) is 12.3. The van der Waals surface area contributed by atoms with Crippen LogP contribution in [0.4, 0.5) is 0 Å². The molecule has 1 aromatic rings. The minimum Gasteiger partial charge on any atom is -0.0654 e. The highest BCUT2D eigenvalue weighted by molar-refractivity contribution is 5.80. The van der Waals surface area contributed by atoms with E-state index in [0.29, 0.717) is 0 Å². The lowest BCUT2D eigenvalue weighted by Crippen LogP contribution is -2.07. The summed E-state index contributed by atoms with van der Waals surface area (Å²) >= 11 is 0. The van der Waals surface area contributed by atoms with Crippen LogP contribution in [0.15, 0.2) is 11.6 Å². The molecule has 1 aromatic carbocycles. The Labute approximate surface area is 182 Å². The van der Waals surface area contributed by atoms with Crippen molar-refractivity contribution in [3.8, 4) is 0 Å². The Balaban J connectivity index is 2.57. The average Bonchev–Trinajstić information content (AvgIpc) is 3.08. The van der Waals surface area contributed by atoms with Gasteiger partial charge in [-0.25, -0.2) is 0 Å². The number of allylic oxidation sites excluding steroid dienone is 2. The summed E-state index contributed by atoms with van der Waals surface area (Å²) in [6.45, 7) is 11.7. The molecule has 0 nitrogen and oxygen atoms in total. The van der Waals surface area contributed by atoms with E-state index < -0.39 is 0 Å². The zero-order valence-corrected chi connectivity index (χ0v) is 20.4. The van der Waals surface area contributed by atoms with Crippen molar-refractivity contribution in [1.82, 2.24) is 0 Å². The molecule has 0 aromatic heterocycles. The van der Waals surface area contributed by atoms with E-state index in [0.717, 1.165) is 0 Å². The van der Waals surface area contributed by atoms with Crippen molar-refractivity contribution >= 4 is 5.57 Å². The number of fused-ring (bicyclic) bond motifs is 1. The fourth-order valence-corrected chi connectivity index (χ4v) is 5.11. The third-order valence-corrected chi connectivity index (χ3v) is 6.83. The zero-order chi connectivity index (χ0) is 21.1. The van der Waals surface area contributed by atoms with Crippen molar-refractivity contribution in [3.63, 3.8) is 0 Å². The molecule has 0 unspecified atom stereocenters. The Morgan fingerprint density at radius 1 is 0.586 bits per heavy atom. The molecule has 0 radical (unpaired) electrons. The molecule has 0 amide bonds. The van der Waals surface area contributed by atoms with Crippen LogP contribution in [0.1, 0.15) is 139 Å². The van der Waals surface area contributed by atoms with E-state index >= 15 is 0 Å². The van der Waals surface area contributed by atoms with E-state index in [-0.39, 0.29) is 0 Å². The van der Waals surface area contributed by atoms with E-state index in [1.54, 1.807) is 39.0 Å². The summed E-state index contributed by atoms with van der Waals surface area (Å²) < 4.78 is 0. The molecule has 1 aliphatic carbocycles. The first kappa shape index (κ1) is 24.2. The Kier molecular flexibility index (Phi) is 11.1. The van der Waals surface area contributed by atoms with Gasteiger partial charge >= 0.3 is 0 Å². The van der Waals surface area contributed by atoms with Crippen LogP contribution in [0.3, 0.4) is 0 Å². The molecule has 0 atom stereocenters. The zero-order valence-electron chi connectivity index (χ0n) is 20.4. The van der Waals surface area contributed by atoms with Crippen LogP contribution in [0, 0.1) is 0 Å². The van der Waals surface area contributed by atoms with E-state index in [9.17, 15) is 0 Å². The highest BCUT2D eigenvalue weighted by Crippen LogP contribution is 2.43. The molecule has 0 N–H and O–H groups in total. The molecule has 1 aliphatic rings. The van der Waals surface area contributed by atoms with Gasteiger partial charge in [-0.2, -0.15) is 0 Å². The normalized spacial score (nSPS) is 13.4. The van der Waals surface area contributed by atoms with Gasteiger partial charge in [-0.3, -0.25) is 0 Å². The van der Waals surface area contributed by atoms with Gasteiger partial charge in [-0.1, -0.05) is 78.4 Å². The van der Waals surface area contributed by atoms with Crippen LogP contribution in [0.25, 0.3) is 5.57 Å². The maximum Gasteiger partial charge on any atom is -0.00548 e. The maximum absolute atomic E-state index is 2.66. The van der Waals surface area contributed by atoms with Crippen molar-refractivity contribution in [3.05, 3.63) is 39.5 Å². The summed E-state index contributed by atoms with van der Waals surface area (Å²) in [7, 11) is 0. The third kappa shape index (κ3) is 6.47. The lowest BCUT2D eigenvalue weighted by Gasteiger charge is -2.22. The van der Waals surface area contributed by atoms with Crippen LogP contribution < -0.4 is 0 Å². The van der Waals surface area contributed by atoms with Gasteiger partial charge < -0.3 is 0 Å². The molecule has 0 spiro atoms. The number of unbranched alkanes of at least 4 members (excludes halogenated alkanes) is 5. The largest absolute Gasteiger partial charge is 0.0654 e. The van der Waals surface area contributed by atoms with Crippen molar-refractivity contribution in [1.29, 1.82) is 0 Å². The van der Waals surface area contributed by atoms with Gasteiger partial charge in [0, 0.05) is 0 Å². The maximum atomic E-state index is 2.66. The topological polar surface area (TPSA) is 0 Å². The smallest absolute Gasteiger partial charge is 0.00548 e. The van der Waals surface area contributed by atoms with Gasteiger partial charge in [-0.05, 0) is 104 Å². The highest BCUT2D eigenvalue weighted by Gasteiger charge is 2.26. The molecule has 29 heavy (non-hydrogen) atoms. The fraction of sp³-hybridized carbons (Fsp3) is 0.724. The number of aryl methyl sites for hydroxylation is 1. The molecule has 2 rings (SSSR count). The van der Waals surface area contributed by atoms with Crippen molar-refractivity contribution in [2.24, 2.45) is 0 Å². The molecule has 0 saturated carbocycles. The van der Waals surface area contributed by atoms with E-state index in [1.165, 1.54) is 103 Å². The number of hydrogen-bond acceptors (Lipinski definition) is 0. The molecule has 0 heterocycles. The van der Waals surface area contributed by atoms with Crippen LogP contribution in [0.5, 0.6) is 0 Å². The molecule has 0 saturated heterocycles. The highest BCUT2D eigenvalue weighted by atomic mass is 14.3. The molecule has 0 bridgehead atoms. The number of rotatable bonds is 15. The van der Waals surface area contributed by atoms with Crippen LogP contribution >= 0.6 is 0 Å². The van der Waals surface area contributed by atoms with Crippen LogP contribution in [0.2, 0.25) is 0 Å². The quantitative estimate of drug-likeness (QED) is 0.277.